The summed E-state index contributed by atoms with van der Waals surface area (Å²) in [4.78, 5) is 10.5. The van der Waals surface area contributed by atoms with Gasteiger partial charge in [-0.15, -0.1) is 0 Å². The number of hydrogen-bond acceptors (Lipinski definition) is 3. The Kier molecular flexibility index (Phi) is 4.65. The summed E-state index contributed by atoms with van der Waals surface area (Å²) in [5.74, 6) is -0.276. The van der Waals surface area contributed by atoms with E-state index in [0.29, 0.717) is 18.4 Å². The minimum atomic E-state index is -0.385. The quantitative estimate of drug-likeness (QED) is 0.678. The van der Waals surface area contributed by atoms with Crippen molar-refractivity contribution in [2.45, 2.75) is 25.8 Å². The highest BCUT2D eigenvalue weighted by Gasteiger charge is 2.15. The van der Waals surface area contributed by atoms with Crippen molar-refractivity contribution in [2.75, 3.05) is 0 Å². The smallest absolute Gasteiger partial charge is 0.272 e. The molecule has 0 aromatic heterocycles. The van der Waals surface area contributed by atoms with Crippen LogP contribution < -0.4 is 5.73 Å². The number of nitro groups is 1. The highest BCUT2D eigenvalue weighted by molar-refractivity contribution is 5.44. The zero-order valence-corrected chi connectivity index (χ0v) is 11.8. The molecule has 2 aromatic rings. The van der Waals surface area contributed by atoms with Crippen LogP contribution in [-0.4, -0.2) is 11.0 Å². The van der Waals surface area contributed by atoms with Crippen LogP contribution >= 0.6 is 0 Å². The number of nitrogens with zero attached hydrogens (tertiary/aromatic N) is 1. The topological polar surface area (TPSA) is 69.2 Å². The van der Waals surface area contributed by atoms with Crippen LogP contribution in [0.15, 0.2) is 42.5 Å². The Hall–Kier alpha value is -2.27. The van der Waals surface area contributed by atoms with Crippen molar-refractivity contribution in [2.24, 2.45) is 5.73 Å². The maximum Gasteiger partial charge on any atom is 0.272 e. The second kappa shape index (κ2) is 6.45. The second-order valence-electron chi connectivity index (χ2n) is 5.11. The molecule has 0 aliphatic rings. The second-order valence-corrected chi connectivity index (χ2v) is 5.11. The van der Waals surface area contributed by atoms with Crippen molar-refractivity contribution >= 4 is 5.69 Å². The number of rotatable bonds is 5. The van der Waals surface area contributed by atoms with Gasteiger partial charge in [0.15, 0.2) is 0 Å². The number of halogens is 1. The van der Waals surface area contributed by atoms with Gasteiger partial charge in [0.2, 0.25) is 0 Å². The first kappa shape index (κ1) is 15.1. The lowest BCUT2D eigenvalue weighted by Gasteiger charge is -2.13. The molecule has 0 fully saturated rings. The molecule has 5 heteroatoms. The summed E-state index contributed by atoms with van der Waals surface area (Å²) in [6, 6.07) is 11.1. The largest absolute Gasteiger partial charge is 0.327 e. The lowest BCUT2D eigenvalue weighted by Crippen LogP contribution is -2.26. The zero-order valence-electron chi connectivity index (χ0n) is 11.8. The summed E-state index contributed by atoms with van der Waals surface area (Å²) >= 11 is 0. The third-order valence-corrected chi connectivity index (χ3v) is 3.51. The fraction of sp³-hybridized carbons (Fsp3) is 0.250. The summed E-state index contributed by atoms with van der Waals surface area (Å²) in [6.45, 7) is 1.73. The summed E-state index contributed by atoms with van der Waals surface area (Å²) < 4.78 is 12.8. The molecule has 21 heavy (non-hydrogen) atoms. The molecule has 0 bridgehead atoms. The van der Waals surface area contributed by atoms with Gasteiger partial charge < -0.3 is 5.73 Å². The molecule has 1 unspecified atom stereocenters. The summed E-state index contributed by atoms with van der Waals surface area (Å²) in [6.07, 6.45) is 1.15. The monoisotopic (exact) mass is 288 g/mol. The Morgan fingerprint density at radius 3 is 2.48 bits per heavy atom. The first-order chi connectivity index (χ1) is 9.97. The van der Waals surface area contributed by atoms with Crippen LogP contribution in [0.2, 0.25) is 0 Å². The number of benzene rings is 2. The van der Waals surface area contributed by atoms with Gasteiger partial charge in [-0.1, -0.05) is 24.3 Å². The summed E-state index contributed by atoms with van der Waals surface area (Å²) in [5.41, 5.74) is 8.69. The summed E-state index contributed by atoms with van der Waals surface area (Å²) in [5, 5.41) is 10.9. The van der Waals surface area contributed by atoms with Gasteiger partial charge in [-0.05, 0) is 43.0 Å². The van der Waals surface area contributed by atoms with Crippen molar-refractivity contribution in [3.05, 3.63) is 75.1 Å². The minimum absolute atomic E-state index is 0.112. The maximum atomic E-state index is 12.8. The molecule has 2 N–H and O–H groups in total. The Bertz CT molecular complexity index is 641. The van der Waals surface area contributed by atoms with E-state index in [1.807, 2.05) is 6.07 Å². The lowest BCUT2D eigenvalue weighted by molar-refractivity contribution is -0.385. The fourth-order valence-corrected chi connectivity index (χ4v) is 2.37. The van der Waals surface area contributed by atoms with Crippen LogP contribution in [0.5, 0.6) is 0 Å². The first-order valence-electron chi connectivity index (χ1n) is 6.70. The average Bonchev–Trinajstić information content (AvgIpc) is 2.43. The van der Waals surface area contributed by atoms with E-state index >= 15 is 0 Å². The fourth-order valence-electron chi connectivity index (χ4n) is 2.37. The van der Waals surface area contributed by atoms with Crippen LogP contribution in [0.1, 0.15) is 16.7 Å². The number of nitro benzene ring substituents is 1. The van der Waals surface area contributed by atoms with Crippen LogP contribution in [0.4, 0.5) is 10.1 Å². The number of nitrogens with two attached hydrogens (primary N) is 1. The van der Waals surface area contributed by atoms with E-state index < -0.39 is 0 Å². The standard InChI is InChI=1S/C16H17FN2O2/c1-11-13(3-2-4-16(11)19(20)21)10-15(18)9-12-5-7-14(17)8-6-12/h2-8,15H,9-10,18H2,1H3. The molecule has 110 valence electrons. The van der Waals surface area contributed by atoms with Crippen molar-refractivity contribution in [1.82, 2.24) is 0 Å². The normalized spacial score (nSPS) is 12.1. The first-order valence-corrected chi connectivity index (χ1v) is 6.70. The Labute approximate surface area is 122 Å². The van der Waals surface area contributed by atoms with E-state index in [1.54, 1.807) is 25.1 Å². The maximum absolute atomic E-state index is 12.8. The van der Waals surface area contributed by atoms with E-state index in [2.05, 4.69) is 0 Å². The third kappa shape index (κ3) is 3.86. The van der Waals surface area contributed by atoms with Crippen LogP contribution in [0.25, 0.3) is 0 Å². The van der Waals surface area contributed by atoms with Gasteiger partial charge in [-0.25, -0.2) is 4.39 Å². The van der Waals surface area contributed by atoms with E-state index in [9.17, 15) is 14.5 Å². The molecule has 2 rings (SSSR count). The van der Waals surface area contributed by atoms with E-state index in [1.165, 1.54) is 18.2 Å². The van der Waals surface area contributed by atoms with E-state index in [4.69, 9.17) is 5.73 Å². The molecule has 2 aromatic carbocycles. The van der Waals surface area contributed by atoms with Crippen molar-refractivity contribution in [1.29, 1.82) is 0 Å². The average molecular weight is 288 g/mol. The summed E-state index contributed by atoms with van der Waals surface area (Å²) in [7, 11) is 0. The van der Waals surface area contributed by atoms with Gasteiger partial charge in [0.05, 0.1) is 4.92 Å². The Balaban J connectivity index is 2.09. The highest BCUT2D eigenvalue weighted by atomic mass is 19.1. The molecular formula is C16H17FN2O2. The molecule has 0 radical (unpaired) electrons. The van der Waals surface area contributed by atoms with Crippen molar-refractivity contribution in [3.8, 4) is 0 Å². The minimum Gasteiger partial charge on any atom is -0.327 e. The molecule has 0 aliphatic heterocycles. The SMILES string of the molecule is Cc1c(CC(N)Cc2ccc(F)cc2)cccc1[N+](=O)[O-]. The molecule has 4 nitrogen and oxygen atoms in total. The Morgan fingerprint density at radius 2 is 1.86 bits per heavy atom. The van der Waals surface area contributed by atoms with Gasteiger partial charge in [-0.2, -0.15) is 0 Å². The molecule has 0 spiro atoms. The zero-order chi connectivity index (χ0) is 15.4. The van der Waals surface area contributed by atoms with Crippen LogP contribution in [0, 0.1) is 22.9 Å². The van der Waals surface area contributed by atoms with Gasteiger partial charge in [0, 0.05) is 17.7 Å². The predicted octanol–water partition coefficient (Wildman–Crippen LogP) is 3.15. The van der Waals surface area contributed by atoms with Crippen LogP contribution in [0.3, 0.4) is 0 Å². The molecule has 0 heterocycles. The lowest BCUT2D eigenvalue weighted by atomic mass is 9.96. The van der Waals surface area contributed by atoms with Crippen LogP contribution in [-0.2, 0) is 12.8 Å². The molecule has 0 aliphatic carbocycles. The van der Waals surface area contributed by atoms with Gasteiger partial charge in [0.25, 0.3) is 5.69 Å². The molecule has 0 saturated heterocycles. The highest BCUT2D eigenvalue weighted by Crippen LogP contribution is 2.22. The van der Waals surface area contributed by atoms with Gasteiger partial charge in [-0.3, -0.25) is 10.1 Å². The van der Waals surface area contributed by atoms with Crippen molar-refractivity contribution in [3.63, 3.8) is 0 Å². The molecular weight excluding hydrogens is 271 g/mol. The molecule has 0 amide bonds. The van der Waals surface area contributed by atoms with E-state index in [-0.39, 0.29) is 22.5 Å². The Morgan fingerprint density at radius 1 is 1.19 bits per heavy atom. The molecule has 0 saturated carbocycles. The van der Waals surface area contributed by atoms with Crippen molar-refractivity contribution < 1.29 is 9.31 Å². The van der Waals surface area contributed by atoms with Gasteiger partial charge in [0.1, 0.15) is 5.82 Å². The third-order valence-electron chi connectivity index (χ3n) is 3.51. The molecule has 1 atom stereocenters. The number of hydrogen-bond donors (Lipinski definition) is 1. The van der Waals surface area contributed by atoms with E-state index in [0.717, 1.165) is 11.1 Å². The van der Waals surface area contributed by atoms with Gasteiger partial charge >= 0.3 is 0 Å². The predicted molar refractivity (Wildman–Crippen MR) is 79.6 cm³/mol.